The van der Waals surface area contributed by atoms with Crippen LogP contribution in [0.2, 0.25) is 0 Å². The van der Waals surface area contributed by atoms with Gasteiger partial charge in [-0.25, -0.2) is 5.43 Å². The van der Waals surface area contributed by atoms with Crippen LogP contribution < -0.4 is 14.9 Å². The molecule has 1 amide bonds. The molecular weight excluding hydrogens is 426 g/mol. The van der Waals surface area contributed by atoms with E-state index in [1.54, 1.807) is 20.4 Å². The first kappa shape index (κ1) is 23.3. The van der Waals surface area contributed by atoms with Crippen LogP contribution in [0.25, 0.3) is 11.4 Å². The van der Waals surface area contributed by atoms with Crippen LogP contribution in [-0.4, -0.2) is 46.9 Å². The molecule has 1 aromatic heterocycles. The summed E-state index contributed by atoms with van der Waals surface area (Å²) in [6.45, 7) is 4.77. The quantitative estimate of drug-likeness (QED) is 0.285. The smallest absolute Gasteiger partial charge is 0.250 e. The molecule has 2 aromatic carbocycles. The number of thioether (sulfide) groups is 1. The van der Waals surface area contributed by atoms with Crippen LogP contribution in [0.4, 0.5) is 0 Å². The molecule has 0 saturated heterocycles. The van der Waals surface area contributed by atoms with Crippen molar-refractivity contribution in [3.05, 3.63) is 53.6 Å². The summed E-state index contributed by atoms with van der Waals surface area (Å²) in [5, 5.41) is 13.3. The molecule has 168 valence electrons. The average molecular weight is 454 g/mol. The molecule has 8 nitrogen and oxygen atoms in total. The summed E-state index contributed by atoms with van der Waals surface area (Å²) in [4.78, 5) is 12.2. The summed E-state index contributed by atoms with van der Waals surface area (Å²) in [6.07, 6.45) is 2.62. The van der Waals surface area contributed by atoms with Gasteiger partial charge in [-0.1, -0.05) is 43.0 Å². The zero-order valence-corrected chi connectivity index (χ0v) is 19.5. The van der Waals surface area contributed by atoms with Crippen molar-refractivity contribution < 1.29 is 14.3 Å². The van der Waals surface area contributed by atoms with Crippen molar-refractivity contribution in [1.82, 2.24) is 20.2 Å². The number of nitrogens with zero attached hydrogens (tertiary/aromatic N) is 4. The number of amides is 1. The second-order valence-corrected chi connectivity index (χ2v) is 7.74. The predicted octanol–water partition coefficient (Wildman–Crippen LogP) is 3.79. The number of nitrogens with one attached hydrogen (secondary N) is 1. The Hall–Kier alpha value is -3.33. The van der Waals surface area contributed by atoms with Crippen molar-refractivity contribution in [3.63, 3.8) is 0 Å². The van der Waals surface area contributed by atoms with E-state index in [1.165, 1.54) is 17.3 Å². The van der Waals surface area contributed by atoms with Gasteiger partial charge in [0.25, 0.3) is 5.91 Å². The van der Waals surface area contributed by atoms with Gasteiger partial charge in [-0.05, 0) is 42.7 Å². The molecule has 0 aliphatic rings. The Morgan fingerprint density at radius 2 is 1.84 bits per heavy atom. The summed E-state index contributed by atoms with van der Waals surface area (Å²) in [5.74, 6) is 1.92. The molecule has 0 bridgehead atoms. The summed E-state index contributed by atoms with van der Waals surface area (Å²) < 4.78 is 12.6. The average Bonchev–Trinajstić information content (AvgIpc) is 3.25. The molecule has 0 fully saturated rings. The number of hydrogen-bond donors (Lipinski definition) is 1. The highest BCUT2D eigenvalue weighted by Gasteiger charge is 2.16. The van der Waals surface area contributed by atoms with Crippen molar-refractivity contribution in [1.29, 1.82) is 0 Å². The molecule has 0 aliphatic carbocycles. The Bertz CT molecular complexity index is 1080. The Labute approximate surface area is 192 Å². The minimum atomic E-state index is -0.213. The standard InChI is InChI=1S/C23H27N5O3S/c1-5-16-7-9-17(10-8-16)14-24-25-21(29)15-32-23-27-26-22(28(23)6-2)18-11-12-19(30-3)20(13-18)31-4/h7-14H,5-6,15H2,1-4H3,(H,25,29)/b24-14-. The van der Waals surface area contributed by atoms with Gasteiger partial charge in [0.15, 0.2) is 22.5 Å². The van der Waals surface area contributed by atoms with Crippen molar-refractivity contribution in [2.75, 3.05) is 20.0 Å². The topological polar surface area (TPSA) is 90.6 Å². The van der Waals surface area contributed by atoms with Gasteiger partial charge in [0, 0.05) is 12.1 Å². The SMILES string of the molecule is CCc1ccc(/C=N\NC(=O)CSc2nnc(-c3ccc(OC)c(OC)c3)n2CC)cc1. The number of benzene rings is 2. The van der Waals surface area contributed by atoms with Gasteiger partial charge < -0.3 is 14.0 Å². The lowest BCUT2D eigenvalue weighted by molar-refractivity contribution is -0.118. The van der Waals surface area contributed by atoms with Gasteiger partial charge in [-0.3, -0.25) is 4.79 Å². The number of carbonyl (C=O) groups is 1. The first-order valence-corrected chi connectivity index (χ1v) is 11.3. The molecule has 1 N–H and O–H groups in total. The minimum absolute atomic E-state index is 0.177. The summed E-state index contributed by atoms with van der Waals surface area (Å²) >= 11 is 1.31. The van der Waals surface area contributed by atoms with Crippen LogP contribution in [0.5, 0.6) is 11.5 Å². The predicted molar refractivity (Wildman–Crippen MR) is 127 cm³/mol. The molecule has 0 spiro atoms. The van der Waals surface area contributed by atoms with Crippen molar-refractivity contribution in [2.45, 2.75) is 32.0 Å². The maximum absolute atomic E-state index is 12.2. The van der Waals surface area contributed by atoms with E-state index in [-0.39, 0.29) is 11.7 Å². The third-order valence-corrected chi connectivity index (χ3v) is 5.76. The number of aryl methyl sites for hydroxylation is 1. The van der Waals surface area contributed by atoms with Crippen molar-refractivity contribution in [2.24, 2.45) is 5.10 Å². The zero-order chi connectivity index (χ0) is 22.9. The van der Waals surface area contributed by atoms with E-state index in [0.29, 0.717) is 29.0 Å². The Morgan fingerprint density at radius 3 is 2.50 bits per heavy atom. The molecule has 0 radical (unpaired) electrons. The van der Waals surface area contributed by atoms with Crippen molar-refractivity contribution in [3.8, 4) is 22.9 Å². The van der Waals surface area contributed by atoms with Crippen LogP contribution in [0, 0.1) is 0 Å². The van der Waals surface area contributed by atoms with Crippen LogP contribution >= 0.6 is 11.8 Å². The summed E-state index contributed by atoms with van der Waals surface area (Å²) in [5.41, 5.74) is 5.60. The first-order valence-electron chi connectivity index (χ1n) is 10.3. The minimum Gasteiger partial charge on any atom is -0.493 e. The number of methoxy groups -OCH3 is 2. The number of aromatic nitrogens is 3. The van der Waals surface area contributed by atoms with Crippen LogP contribution in [0.1, 0.15) is 25.0 Å². The zero-order valence-electron chi connectivity index (χ0n) is 18.7. The lowest BCUT2D eigenvalue weighted by Gasteiger charge is -2.10. The fraction of sp³-hybridized carbons (Fsp3) is 0.304. The van der Waals surface area contributed by atoms with Gasteiger partial charge in [0.05, 0.1) is 26.2 Å². The maximum atomic E-state index is 12.2. The lowest BCUT2D eigenvalue weighted by atomic mass is 10.1. The van der Waals surface area contributed by atoms with E-state index < -0.39 is 0 Å². The Kier molecular flexibility index (Phi) is 8.27. The van der Waals surface area contributed by atoms with E-state index in [4.69, 9.17) is 9.47 Å². The highest BCUT2D eigenvalue weighted by molar-refractivity contribution is 7.99. The molecular formula is C23H27N5O3S. The second kappa shape index (κ2) is 11.3. The molecule has 32 heavy (non-hydrogen) atoms. The molecule has 0 aliphatic heterocycles. The van der Waals surface area contributed by atoms with Gasteiger partial charge in [0.2, 0.25) is 0 Å². The third kappa shape index (κ3) is 5.67. The molecule has 0 atom stereocenters. The number of carbonyl (C=O) groups excluding carboxylic acids is 1. The van der Waals surface area contributed by atoms with Crippen molar-refractivity contribution >= 4 is 23.9 Å². The molecule has 9 heteroatoms. The van der Waals surface area contributed by atoms with Gasteiger partial charge >= 0.3 is 0 Å². The normalized spacial score (nSPS) is 11.0. The highest BCUT2D eigenvalue weighted by atomic mass is 32.2. The first-order chi connectivity index (χ1) is 15.6. The monoisotopic (exact) mass is 453 g/mol. The fourth-order valence-corrected chi connectivity index (χ4v) is 3.84. The maximum Gasteiger partial charge on any atom is 0.250 e. The number of ether oxygens (including phenoxy) is 2. The van der Waals surface area contributed by atoms with Gasteiger partial charge in [-0.2, -0.15) is 5.10 Å². The van der Waals surface area contributed by atoms with E-state index in [0.717, 1.165) is 17.5 Å². The second-order valence-electron chi connectivity index (χ2n) is 6.80. The number of rotatable bonds is 10. The molecule has 0 saturated carbocycles. The van der Waals surface area contributed by atoms with E-state index in [2.05, 4.69) is 27.6 Å². The van der Waals surface area contributed by atoms with Gasteiger partial charge in [-0.15, -0.1) is 10.2 Å². The lowest BCUT2D eigenvalue weighted by Crippen LogP contribution is -2.20. The largest absolute Gasteiger partial charge is 0.493 e. The Morgan fingerprint density at radius 1 is 1.09 bits per heavy atom. The molecule has 3 rings (SSSR count). The molecule has 3 aromatic rings. The molecule has 0 unspecified atom stereocenters. The van der Waals surface area contributed by atoms with Gasteiger partial charge in [0.1, 0.15) is 0 Å². The molecule has 1 heterocycles. The summed E-state index contributed by atoms with van der Waals surface area (Å²) in [6, 6.07) is 13.6. The van der Waals surface area contributed by atoms with E-state index >= 15 is 0 Å². The number of hydrazone groups is 1. The Balaban J connectivity index is 1.62. The van der Waals surface area contributed by atoms with E-state index in [9.17, 15) is 4.79 Å². The van der Waals surface area contributed by atoms with Crippen LogP contribution in [0.3, 0.4) is 0 Å². The van der Waals surface area contributed by atoms with Crippen LogP contribution in [0.15, 0.2) is 52.7 Å². The number of hydrogen-bond acceptors (Lipinski definition) is 7. The van der Waals surface area contributed by atoms with E-state index in [1.807, 2.05) is 54.0 Å². The summed E-state index contributed by atoms with van der Waals surface area (Å²) in [7, 11) is 3.19. The highest BCUT2D eigenvalue weighted by Crippen LogP contribution is 2.32. The fourth-order valence-electron chi connectivity index (χ4n) is 3.05. The third-order valence-electron chi connectivity index (χ3n) is 4.80. The van der Waals surface area contributed by atoms with Crippen LogP contribution in [-0.2, 0) is 17.8 Å².